The van der Waals surface area contributed by atoms with Crippen LogP contribution in [-0.2, 0) is 14.3 Å². The third-order valence-electron chi connectivity index (χ3n) is 6.73. The molecular weight excluding hydrogens is 444 g/mol. The van der Waals surface area contributed by atoms with Gasteiger partial charge in [-0.05, 0) is 62.2 Å². The van der Waals surface area contributed by atoms with Crippen LogP contribution in [0.2, 0.25) is 10.0 Å². The molecule has 3 heterocycles. The van der Waals surface area contributed by atoms with Crippen LogP contribution in [0.4, 0.5) is 10.1 Å². The van der Waals surface area contributed by atoms with Crippen LogP contribution in [0, 0.1) is 17.7 Å². The molecule has 0 spiro atoms. The molecule has 5 rings (SSSR count). The van der Waals surface area contributed by atoms with E-state index in [4.69, 9.17) is 32.7 Å². The molecule has 0 N–H and O–H groups in total. The van der Waals surface area contributed by atoms with E-state index in [0.29, 0.717) is 40.7 Å². The predicted octanol–water partition coefficient (Wildman–Crippen LogP) is 5.03. The van der Waals surface area contributed by atoms with Crippen molar-refractivity contribution in [2.75, 3.05) is 11.5 Å². The molecule has 4 unspecified atom stereocenters. The van der Waals surface area contributed by atoms with Crippen molar-refractivity contribution >= 4 is 40.7 Å². The van der Waals surface area contributed by atoms with E-state index in [2.05, 4.69) is 0 Å². The Hall–Kier alpha value is -2.15. The molecule has 3 fully saturated rings. The average molecular weight is 464 g/mol. The van der Waals surface area contributed by atoms with Crippen molar-refractivity contribution in [2.24, 2.45) is 11.8 Å². The normalized spacial score (nSPS) is 31.4. The highest BCUT2D eigenvalue weighted by atomic mass is 35.5. The number of hydrogen-bond acceptors (Lipinski definition) is 4. The lowest BCUT2D eigenvalue weighted by molar-refractivity contribution is -0.131. The molecule has 5 nitrogen and oxygen atoms in total. The number of halogens is 3. The molecule has 8 heteroatoms. The monoisotopic (exact) mass is 463 g/mol. The number of rotatable bonds is 5. The zero-order valence-electron chi connectivity index (χ0n) is 16.7. The van der Waals surface area contributed by atoms with Gasteiger partial charge in [0.05, 0.1) is 35.3 Å². The maximum absolute atomic E-state index is 13.5. The Bertz CT molecular complexity index is 1060. The molecule has 3 aliphatic heterocycles. The molecule has 4 atom stereocenters. The van der Waals surface area contributed by atoms with Crippen LogP contribution < -0.4 is 9.64 Å². The van der Waals surface area contributed by atoms with E-state index in [1.54, 1.807) is 30.3 Å². The molecule has 2 aromatic carbocycles. The number of carbonyl (C=O) groups excluding carboxylic acids is 2. The summed E-state index contributed by atoms with van der Waals surface area (Å²) in [4.78, 5) is 28.0. The topological polar surface area (TPSA) is 55.8 Å². The second-order valence-electron chi connectivity index (χ2n) is 8.63. The maximum atomic E-state index is 13.5. The number of amides is 2. The van der Waals surface area contributed by atoms with Crippen LogP contribution in [0.5, 0.6) is 5.75 Å². The van der Waals surface area contributed by atoms with Crippen LogP contribution in [0.15, 0.2) is 42.5 Å². The number of carbonyl (C=O) groups is 2. The summed E-state index contributed by atoms with van der Waals surface area (Å²) in [7, 11) is 0. The van der Waals surface area contributed by atoms with Gasteiger partial charge >= 0.3 is 0 Å². The minimum atomic E-state index is -0.774. The lowest BCUT2D eigenvalue weighted by atomic mass is 9.67. The van der Waals surface area contributed by atoms with Gasteiger partial charge in [-0.3, -0.25) is 9.59 Å². The number of imide groups is 1. The van der Waals surface area contributed by atoms with Crippen molar-refractivity contribution in [3.63, 3.8) is 0 Å². The number of fused-ring (bicyclic) bond motifs is 5. The van der Waals surface area contributed by atoms with E-state index in [-0.39, 0.29) is 24.2 Å². The van der Waals surface area contributed by atoms with Gasteiger partial charge in [0.25, 0.3) is 0 Å². The second-order valence-corrected chi connectivity index (χ2v) is 9.50. The number of benzene rings is 2. The molecule has 3 aliphatic rings. The number of anilines is 1. The zero-order chi connectivity index (χ0) is 22.0. The van der Waals surface area contributed by atoms with Crippen LogP contribution in [-0.4, -0.2) is 29.6 Å². The van der Waals surface area contributed by atoms with E-state index in [1.807, 2.05) is 6.92 Å². The summed E-state index contributed by atoms with van der Waals surface area (Å²) in [5, 5.41) is 0.709. The highest BCUT2D eigenvalue weighted by Crippen LogP contribution is 2.62. The molecule has 3 saturated heterocycles. The van der Waals surface area contributed by atoms with Crippen molar-refractivity contribution in [1.82, 2.24) is 0 Å². The fourth-order valence-electron chi connectivity index (χ4n) is 5.41. The molecule has 0 saturated carbocycles. The van der Waals surface area contributed by atoms with Crippen molar-refractivity contribution in [2.45, 2.75) is 37.4 Å². The molecule has 2 aromatic rings. The fourth-order valence-corrected chi connectivity index (χ4v) is 5.92. The first kappa shape index (κ1) is 20.7. The molecule has 162 valence electrons. The molecule has 0 aliphatic carbocycles. The van der Waals surface area contributed by atoms with Gasteiger partial charge in [0.15, 0.2) is 0 Å². The first-order valence-electron chi connectivity index (χ1n) is 10.1. The third kappa shape index (κ3) is 3.23. The lowest BCUT2D eigenvalue weighted by Gasteiger charge is -2.31. The minimum absolute atomic E-state index is 0.281. The van der Waals surface area contributed by atoms with Crippen LogP contribution in [0.3, 0.4) is 0 Å². The second kappa shape index (κ2) is 7.19. The van der Waals surface area contributed by atoms with Gasteiger partial charge in [-0.1, -0.05) is 23.2 Å². The highest BCUT2D eigenvalue weighted by molar-refractivity contribution is 6.35. The molecule has 0 aromatic heterocycles. The van der Waals surface area contributed by atoms with Gasteiger partial charge in [-0.2, -0.15) is 0 Å². The summed E-state index contributed by atoms with van der Waals surface area (Å²) in [6.45, 7) is 2.19. The SMILES string of the molecule is CC12CCC(CCOc3ccc(F)cc3)(O1)C1C(=O)N(c3cc(Cl)cc(Cl)c3)C(=O)C12. The Morgan fingerprint density at radius 3 is 2.39 bits per heavy atom. The molecule has 2 amide bonds. The molecule has 31 heavy (non-hydrogen) atoms. The van der Waals surface area contributed by atoms with E-state index < -0.39 is 23.0 Å². The third-order valence-corrected chi connectivity index (χ3v) is 7.16. The zero-order valence-corrected chi connectivity index (χ0v) is 18.3. The number of nitrogens with zero attached hydrogens (tertiary/aromatic N) is 1. The van der Waals surface area contributed by atoms with Gasteiger partial charge in [0.1, 0.15) is 11.6 Å². The Kier molecular flexibility index (Phi) is 4.81. The van der Waals surface area contributed by atoms with Crippen LogP contribution >= 0.6 is 23.2 Å². The maximum Gasteiger partial charge on any atom is 0.240 e. The van der Waals surface area contributed by atoms with Gasteiger partial charge in [0, 0.05) is 16.5 Å². The summed E-state index contributed by atoms with van der Waals surface area (Å²) in [5.41, 5.74) is -1.10. The van der Waals surface area contributed by atoms with Crippen LogP contribution in [0.1, 0.15) is 26.2 Å². The van der Waals surface area contributed by atoms with Crippen molar-refractivity contribution in [1.29, 1.82) is 0 Å². The number of hydrogen-bond donors (Lipinski definition) is 0. The van der Waals surface area contributed by atoms with Crippen molar-refractivity contribution < 1.29 is 23.5 Å². The van der Waals surface area contributed by atoms with E-state index in [1.165, 1.54) is 17.0 Å². The Balaban J connectivity index is 1.41. The van der Waals surface area contributed by atoms with Gasteiger partial charge in [-0.25, -0.2) is 9.29 Å². The molecular formula is C23H20Cl2FNO4. The van der Waals surface area contributed by atoms with Gasteiger partial charge in [-0.15, -0.1) is 0 Å². The van der Waals surface area contributed by atoms with E-state index >= 15 is 0 Å². The minimum Gasteiger partial charge on any atom is -0.493 e. The number of ether oxygens (including phenoxy) is 2. The Labute approximate surface area is 189 Å². The predicted molar refractivity (Wildman–Crippen MR) is 114 cm³/mol. The quantitative estimate of drug-likeness (QED) is 0.583. The standard InChI is InChI=1S/C23H20Cl2FNO4/c1-22-6-7-23(31-22,8-9-30-17-4-2-15(26)3-5-17)19-18(22)20(28)27(21(19)29)16-11-13(24)10-14(25)12-16/h2-5,10-12,18-19H,6-9H2,1H3. The van der Waals surface area contributed by atoms with Crippen LogP contribution in [0.25, 0.3) is 0 Å². The van der Waals surface area contributed by atoms with Gasteiger partial charge < -0.3 is 9.47 Å². The fraction of sp³-hybridized carbons (Fsp3) is 0.391. The first-order chi connectivity index (χ1) is 14.7. The largest absolute Gasteiger partial charge is 0.493 e. The Morgan fingerprint density at radius 1 is 1.06 bits per heavy atom. The van der Waals surface area contributed by atoms with Crippen molar-refractivity contribution in [3.05, 3.63) is 58.3 Å². The first-order valence-corrected chi connectivity index (χ1v) is 10.9. The average Bonchev–Trinajstić information content (AvgIpc) is 3.27. The lowest BCUT2D eigenvalue weighted by Crippen LogP contribution is -2.43. The molecule has 0 radical (unpaired) electrons. The summed E-state index contributed by atoms with van der Waals surface area (Å²) >= 11 is 12.2. The van der Waals surface area contributed by atoms with E-state index in [0.717, 1.165) is 0 Å². The summed E-state index contributed by atoms with van der Waals surface area (Å²) in [6.07, 6.45) is 1.80. The highest BCUT2D eigenvalue weighted by Gasteiger charge is 2.73. The van der Waals surface area contributed by atoms with Crippen molar-refractivity contribution in [3.8, 4) is 5.75 Å². The smallest absolute Gasteiger partial charge is 0.240 e. The molecule has 2 bridgehead atoms. The van der Waals surface area contributed by atoms with E-state index in [9.17, 15) is 14.0 Å². The van der Waals surface area contributed by atoms with Gasteiger partial charge in [0.2, 0.25) is 11.8 Å². The summed E-state index contributed by atoms with van der Waals surface area (Å²) in [5.74, 6) is -1.52. The summed E-state index contributed by atoms with van der Waals surface area (Å²) < 4.78 is 25.3. The Morgan fingerprint density at radius 2 is 1.71 bits per heavy atom. The summed E-state index contributed by atoms with van der Waals surface area (Å²) in [6, 6.07) is 10.5.